The maximum atomic E-state index is 11.8. The van der Waals surface area contributed by atoms with Gasteiger partial charge in [0.1, 0.15) is 5.82 Å². The van der Waals surface area contributed by atoms with Crippen LogP contribution in [0.2, 0.25) is 0 Å². The summed E-state index contributed by atoms with van der Waals surface area (Å²) in [5.74, 6) is 1.26. The summed E-state index contributed by atoms with van der Waals surface area (Å²) < 4.78 is 1.61. The van der Waals surface area contributed by atoms with Crippen molar-refractivity contribution in [3.05, 3.63) is 40.6 Å². The van der Waals surface area contributed by atoms with Crippen LogP contribution in [0.25, 0.3) is 16.6 Å². The Labute approximate surface area is 96.1 Å². The summed E-state index contributed by atoms with van der Waals surface area (Å²) in [4.78, 5) is 16.4. The van der Waals surface area contributed by atoms with Gasteiger partial charge in [-0.25, -0.2) is 19.3 Å². The van der Waals surface area contributed by atoms with Gasteiger partial charge in [0.2, 0.25) is 0 Å². The molecule has 1 N–H and O–H groups in total. The molecule has 0 spiro atoms. The minimum Gasteiger partial charge on any atom is -0.246 e. The zero-order valence-electron chi connectivity index (χ0n) is 9.05. The molecule has 0 bridgehead atoms. The molecule has 84 valence electrons. The van der Waals surface area contributed by atoms with Gasteiger partial charge in [-0.05, 0) is 25.0 Å². The average molecular weight is 226 g/mol. The van der Waals surface area contributed by atoms with Crippen LogP contribution in [0.15, 0.2) is 29.1 Å². The van der Waals surface area contributed by atoms with Gasteiger partial charge in [0.25, 0.3) is 0 Å². The van der Waals surface area contributed by atoms with Gasteiger partial charge in [-0.3, -0.25) is 0 Å². The van der Waals surface area contributed by atoms with Crippen LogP contribution in [0.4, 0.5) is 0 Å². The fourth-order valence-corrected chi connectivity index (χ4v) is 2.24. The highest BCUT2D eigenvalue weighted by atomic mass is 16.1. The molecule has 0 amide bonds. The first kappa shape index (κ1) is 8.92. The SMILES string of the molecule is O=c1[nH]nc2c3ccccc3nc(C3CC3)n12. The van der Waals surface area contributed by atoms with Crippen LogP contribution < -0.4 is 5.69 Å². The van der Waals surface area contributed by atoms with Crippen molar-refractivity contribution in [2.24, 2.45) is 0 Å². The summed E-state index contributed by atoms with van der Waals surface area (Å²) in [6.45, 7) is 0. The predicted molar refractivity (Wildman–Crippen MR) is 63.1 cm³/mol. The number of para-hydroxylation sites is 1. The smallest absolute Gasteiger partial charge is 0.246 e. The van der Waals surface area contributed by atoms with E-state index >= 15 is 0 Å². The Morgan fingerprint density at radius 1 is 1.29 bits per heavy atom. The highest BCUT2D eigenvalue weighted by Crippen LogP contribution is 2.39. The Kier molecular flexibility index (Phi) is 1.54. The highest BCUT2D eigenvalue weighted by Gasteiger charge is 2.29. The molecule has 1 fully saturated rings. The van der Waals surface area contributed by atoms with Gasteiger partial charge in [-0.15, -0.1) is 0 Å². The summed E-state index contributed by atoms with van der Waals surface area (Å²) in [6, 6.07) is 7.78. The Bertz CT molecular complexity index is 782. The molecule has 3 aromatic rings. The van der Waals surface area contributed by atoms with E-state index in [1.807, 2.05) is 24.3 Å². The van der Waals surface area contributed by atoms with Crippen molar-refractivity contribution >= 4 is 16.6 Å². The largest absolute Gasteiger partial charge is 0.349 e. The van der Waals surface area contributed by atoms with E-state index < -0.39 is 0 Å². The van der Waals surface area contributed by atoms with Crippen molar-refractivity contribution in [3.63, 3.8) is 0 Å². The molecular weight excluding hydrogens is 216 g/mol. The molecule has 0 unspecified atom stereocenters. The standard InChI is InChI=1S/C12H10N4O/c17-12-15-14-11-8-3-1-2-4-9(8)13-10(16(11)12)7-5-6-7/h1-4,7H,5-6H2,(H,15,17). The topological polar surface area (TPSA) is 63.0 Å². The second kappa shape index (κ2) is 2.94. The van der Waals surface area contributed by atoms with Gasteiger partial charge in [0, 0.05) is 11.3 Å². The van der Waals surface area contributed by atoms with Crippen LogP contribution in [0.3, 0.4) is 0 Å². The quantitative estimate of drug-likeness (QED) is 0.683. The van der Waals surface area contributed by atoms with Crippen molar-refractivity contribution < 1.29 is 0 Å². The minimum absolute atomic E-state index is 0.194. The molecule has 2 heterocycles. The van der Waals surface area contributed by atoms with Gasteiger partial charge in [-0.2, -0.15) is 5.10 Å². The number of nitrogens with zero attached hydrogens (tertiary/aromatic N) is 3. The van der Waals surface area contributed by atoms with E-state index in [1.165, 1.54) is 0 Å². The van der Waals surface area contributed by atoms with E-state index in [9.17, 15) is 4.79 Å². The van der Waals surface area contributed by atoms with Crippen molar-refractivity contribution in [3.8, 4) is 0 Å². The molecule has 0 radical (unpaired) electrons. The van der Waals surface area contributed by atoms with E-state index in [0.717, 1.165) is 29.6 Å². The predicted octanol–water partition coefficient (Wildman–Crippen LogP) is 1.45. The van der Waals surface area contributed by atoms with E-state index in [-0.39, 0.29) is 5.69 Å². The zero-order chi connectivity index (χ0) is 11.4. The maximum absolute atomic E-state index is 11.8. The molecule has 5 nitrogen and oxygen atoms in total. The third kappa shape index (κ3) is 1.16. The zero-order valence-corrected chi connectivity index (χ0v) is 9.05. The summed E-state index contributed by atoms with van der Waals surface area (Å²) in [5.41, 5.74) is 1.39. The first-order chi connectivity index (χ1) is 8.34. The third-order valence-electron chi connectivity index (χ3n) is 3.22. The first-order valence-corrected chi connectivity index (χ1v) is 5.70. The number of aromatic nitrogens is 4. The summed E-state index contributed by atoms with van der Waals surface area (Å²) >= 11 is 0. The molecule has 1 aliphatic carbocycles. The lowest BCUT2D eigenvalue weighted by molar-refractivity contribution is 0.870. The maximum Gasteiger partial charge on any atom is 0.349 e. The molecule has 0 atom stereocenters. The van der Waals surface area contributed by atoms with Crippen molar-refractivity contribution in [1.29, 1.82) is 0 Å². The summed E-state index contributed by atoms with van der Waals surface area (Å²) in [7, 11) is 0. The average Bonchev–Trinajstić information content (AvgIpc) is 3.13. The molecule has 1 aromatic carbocycles. The van der Waals surface area contributed by atoms with E-state index in [2.05, 4.69) is 15.2 Å². The van der Waals surface area contributed by atoms with Crippen LogP contribution in [0, 0.1) is 0 Å². The number of aromatic amines is 1. The van der Waals surface area contributed by atoms with Gasteiger partial charge < -0.3 is 0 Å². The van der Waals surface area contributed by atoms with E-state index in [4.69, 9.17) is 0 Å². The number of rotatable bonds is 1. The molecule has 0 aliphatic heterocycles. The number of fused-ring (bicyclic) bond motifs is 3. The Morgan fingerprint density at radius 3 is 2.94 bits per heavy atom. The lowest BCUT2D eigenvalue weighted by Gasteiger charge is -2.04. The number of nitrogens with one attached hydrogen (secondary N) is 1. The second-order valence-corrected chi connectivity index (χ2v) is 4.45. The monoisotopic (exact) mass is 226 g/mol. The molecule has 1 aliphatic rings. The molecule has 1 saturated carbocycles. The molecular formula is C12H10N4O. The molecule has 17 heavy (non-hydrogen) atoms. The van der Waals surface area contributed by atoms with Crippen molar-refractivity contribution in [2.75, 3.05) is 0 Å². The lowest BCUT2D eigenvalue weighted by Crippen LogP contribution is -2.14. The van der Waals surface area contributed by atoms with E-state index in [0.29, 0.717) is 11.6 Å². The van der Waals surface area contributed by atoms with Gasteiger partial charge in [0.15, 0.2) is 5.65 Å². The number of benzene rings is 1. The molecule has 4 rings (SSSR count). The van der Waals surface area contributed by atoms with Crippen LogP contribution in [0.5, 0.6) is 0 Å². The van der Waals surface area contributed by atoms with Gasteiger partial charge >= 0.3 is 5.69 Å². The Hall–Kier alpha value is -2.17. The minimum atomic E-state index is -0.194. The Balaban J connectivity index is 2.27. The third-order valence-corrected chi connectivity index (χ3v) is 3.22. The summed E-state index contributed by atoms with van der Waals surface area (Å²) in [5, 5.41) is 7.52. The number of hydrogen-bond acceptors (Lipinski definition) is 3. The van der Waals surface area contributed by atoms with Gasteiger partial charge in [0.05, 0.1) is 5.52 Å². The van der Waals surface area contributed by atoms with Crippen molar-refractivity contribution in [1.82, 2.24) is 19.6 Å². The van der Waals surface area contributed by atoms with Crippen LogP contribution in [-0.4, -0.2) is 19.6 Å². The molecule has 5 heteroatoms. The number of H-pyrrole nitrogens is 1. The van der Waals surface area contributed by atoms with E-state index in [1.54, 1.807) is 4.40 Å². The van der Waals surface area contributed by atoms with Crippen molar-refractivity contribution in [2.45, 2.75) is 18.8 Å². The molecule has 2 aromatic heterocycles. The van der Waals surface area contributed by atoms with Crippen LogP contribution >= 0.6 is 0 Å². The molecule has 0 saturated heterocycles. The number of hydrogen-bond donors (Lipinski definition) is 1. The van der Waals surface area contributed by atoms with Crippen LogP contribution in [0.1, 0.15) is 24.6 Å². The van der Waals surface area contributed by atoms with Gasteiger partial charge in [-0.1, -0.05) is 12.1 Å². The normalized spacial score (nSPS) is 15.8. The first-order valence-electron chi connectivity index (χ1n) is 5.70. The summed E-state index contributed by atoms with van der Waals surface area (Å²) in [6.07, 6.45) is 2.22. The highest BCUT2D eigenvalue weighted by molar-refractivity contribution is 5.91. The lowest BCUT2D eigenvalue weighted by atomic mass is 10.2. The fraction of sp³-hybridized carbons (Fsp3) is 0.250. The second-order valence-electron chi connectivity index (χ2n) is 4.45. The van der Waals surface area contributed by atoms with Crippen LogP contribution in [-0.2, 0) is 0 Å². The fourth-order valence-electron chi connectivity index (χ4n) is 2.24. The Morgan fingerprint density at radius 2 is 2.12 bits per heavy atom.